The summed E-state index contributed by atoms with van der Waals surface area (Å²) in [7, 11) is 0. The Bertz CT molecular complexity index is 952. The highest BCUT2D eigenvalue weighted by Gasteiger charge is 2.27. The first kappa shape index (κ1) is 25.3. The number of carbonyl (C=O) groups is 1. The van der Waals surface area contributed by atoms with Crippen molar-refractivity contribution in [1.82, 2.24) is 4.90 Å². The third-order valence-electron chi connectivity index (χ3n) is 6.34. The van der Waals surface area contributed by atoms with E-state index in [9.17, 15) is 18.7 Å². The van der Waals surface area contributed by atoms with Crippen molar-refractivity contribution in [1.29, 1.82) is 0 Å². The number of halogens is 2. The Morgan fingerprint density at radius 1 is 1.24 bits per heavy atom. The van der Waals surface area contributed by atoms with E-state index in [1.165, 1.54) is 12.1 Å². The van der Waals surface area contributed by atoms with Crippen LogP contribution in [-0.4, -0.2) is 52.9 Å². The molecule has 0 aromatic heterocycles. The van der Waals surface area contributed by atoms with Crippen LogP contribution in [0.3, 0.4) is 0 Å². The maximum absolute atomic E-state index is 13.9. The number of aliphatic hydroxyl groups is 1. The lowest BCUT2D eigenvalue weighted by atomic mass is 9.99. The molecule has 2 aromatic carbocycles. The van der Waals surface area contributed by atoms with Gasteiger partial charge in [-0.1, -0.05) is 18.2 Å². The molecule has 3 atom stereocenters. The number of benzene rings is 2. The zero-order valence-electron chi connectivity index (χ0n) is 19.3. The summed E-state index contributed by atoms with van der Waals surface area (Å²) in [4.78, 5) is 13.1. The van der Waals surface area contributed by atoms with E-state index in [2.05, 4.69) is 4.90 Å². The number of nitrogens with zero attached hydrogens (tertiary/aromatic N) is 1. The van der Waals surface area contributed by atoms with Crippen molar-refractivity contribution < 1.29 is 28.5 Å². The van der Waals surface area contributed by atoms with Crippen molar-refractivity contribution in [3.63, 3.8) is 0 Å². The largest absolute Gasteiger partial charge is 0.481 e. The summed E-state index contributed by atoms with van der Waals surface area (Å²) in [5.74, 6) is -1.52. The standard InChI is InChI=1S/C26H33F2NO4/c1-17-5-6-19(13-25(17)28)12-22-4-3-11-29(22)15-23(30)16-33-18(2)24-14-21(27)9-7-20(24)8-10-26(31)32/h5-7,9,13-14,18,22-23,30H,3-4,8,10-12,15-16H2,1-2H3,(H,31,32)/t18-,22+,23-/m1/s1. The predicted molar refractivity (Wildman–Crippen MR) is 122 cm³/mol. The van der Waals surface area contributed by atoms with Gasteiger partial charge in [0.1, 0.15) is 11.6 Å². The minimum atomic E-state index is -0.914. The minimum absolute atomic E-state index is 0.0464. The van der Waals surface area contributed by atoms with Gasteiger partial charge in [-0.2, -0.15) is 0 Å². The summed E-state index contributed by atoms with van der Waals surface area (Å²) in [5.41, 5.74) is 2.91. The predicted octanol–water partition coefficient (Wildman–Crippen LogP) is 4.44. The molecular formula is C26H33F2NO4. The van der Waals surface area contributed by atoms with Crippen LogP contribution in [0.5, 0.6) is 0 Å². The fourth-order valence-electron chi connectivity index (χ4n) is 4.48. The van der Waals surface area contributed by atoms with E-state index in [0.29, 0.717) is 17.7 Å². The van der Waals surface area contributed by atoms with E-state index in [4.69, 9.17) is 9.84 Å². The average Bonchev–Trinajstić information content (AvgIpc) is 3.19. The lowest BCUT2D eigenvalue weighted by molar-refractivity contribution is -0.136. The van der Waals surface area contributed by atoms with Gasteiger partial charge in [-0.25, -0.2) is 8.78 Å². The summed E-state index contributed by atoms with van der Waals surface area (Å²) in [6, 6.07) is 9.86. The molecule has 0 saturated carbocycles. The van der Waals surface area contributed by atoms with Crippen LogP contribution in [0.4, 0.5) is 8.78 Å². The molecule has 180 valence electrons. The minimum Gasteiger partial charge on any atom is -0.481 e. The van der Waals surface area contributed by atoms with Crippen molar-refractivity contribution in [2.75, 3.05) is 19.7 Å². The number of carboxylic acids is 1. The van der Waals surface area contributed by atoms with Crippen molar-refractivity contribution in [3.05, 3.63) is 70.3 Å². The first-order valence-corrected chi connectivity index (χ1v) is 11.5. The van der Waals surface area contributed by atoms with Gasteiger partial charge in [0.15, 0.2) is 0 Å². The lowest BCUT2D eigenvalue weighted by Gasteiger charge is -2.28. The van der Waals surface area contributed by atoms with Crippen LogP contribution in [0.15, 0.2) is 36.4 Å². The van der Waals surface area contributed by atoms with Gasteiger partial charge in [0.05, 0.1) is 18.8 Å². The monoisotopic (exact) mass is 461 g/mol. The second-order valence-corrected chi connectivity index (χ2v) is 8.94. The SMILES string of the molecule is Cc1ccc(C[C@@H]2CCCN2C[C@@H](O)CO[C@H](C)c2cc(F)ccc2CCC(=O)O)cc1F. The van der Waals surface area contributed by atoms with Gasteiger partial charge in [0.2, 0.25) is 0 Å². The first-order valence-electron chi connectivity index (χ1n) is 11.5. The van der Waals surface area contributed by atoms with Gasteiger partial charge in [-0.05, 0) is 86.5 Å². The summed E-state index contributed by atoms with van der Waals surface area (Å²) in [5, 5.41) is 19.5. The molecule has 1 heterocycles. The van der Waals surface area contributed by atoms with Gasteiger partial charge in [0, 0.05) is 19.0 Å². The second kappa shape index (κ2) is 11.7. The summed E-state index contributed by atoms with van der Waals surface area (Å²) < 4.78 is 33.5. The molecule has 3 rings (SSSR count). The van der Waals surface area contributed by atoms with Gasteiger partial charge in [0.25, 0.3) is 0 Å². The van der Waals surface area contributed by atoms with E-state index >= 15 is 0 Å². The second-order valence-electron chi connectivity index (χ2n) is 8.94. The number of hydrogen-bond acceptors (Lipinski definition) is 4. The zero-order chi connectivity index (χ0) is 24.0. The molecule has 0 amide bonds. The maximum Gasteiger partial charge on any atom is 0.303 e. The van der Waals surface area contributed by atoms with Crippen molar-refractivity contribution in [2.45, 2.75) is 64.2 Å². The number of carboxylic acid groups (broad SMARTS) is 1. The molecule has 0 aliphatic carbocycles. The van der Waals surface area contributed by atoms with E-state index < -0.39 is 24.0 Å². The molecule has 0 radical (unpaired) electrons. The van der Waals surface area contributed by atoms with Crippen LogP contribution < -0.4 is 0 Å². The van der Waals surface area contributed by atoms with Crippen molar-refractivity contribution in [2.24, 2.45) is 0 Å². The third kappa shape index (κ3) is 7.32. The Labute approximate surface area is 194 Å². The van der Waals surface area contributed by atoms with Gasteiger partial charge >= 0.3 is 5.97 Å². The summed E-state index contributed by atoms with van der Waals surface area (Å²) >= 11 is 0. The van der Waals surface area contributed by atoms with E-state index in [1.807, 2.05) is 6.07 Å². The highest BCUT2D eigenvalue weighted by molar-refractivity contribution is 5.67. The van der Waals surface area contributed by atoms with E-state index in [0.717, 1.165) is 36.9 Å². The number of hydrogen-bond donors (Lipinski definition) is 2. The molecule has 0 bridgehead atoms. The average molecular weight is 462 g/mol. The van der Waals surface area contributed by atoms with Crippen LogP contribution in [0.25, 0.3) is 0 Å². The molecule has 0 unspecified atom stereocenters. The van der Waals surface area contributed by atoms with Crippen molar-refractivity contribution >= 4 is 5.97 Å². The summed E-state index contributed by atoms with van der Waals surface area (Å²) in [6.07, 6.45) is 1.79. The molecule has 0 spiro atoms. The Hall–Kier alpha value is -2.35. The number of ether oxygens (including phenoxy) is 1. The number of aryl methyl sites for hydroxylation is 2. The smallest absolute Gasteiger partial charge is 0.303 e. The number of likely N-dealkylation sites (tertiary alicyclic amines) is 1. The van der Waals surface area contributed by atoms with E-state index in [1.54, 1.807) is 32.0 Å². The van der Waals surface area contributed by atoms with Gasteiger partial charge in [-0.15, -0.1) is 0 Å². The topological polar surface area (TPSA) is 70.0 Å². The van der Waals surface area contributed by atoms with Gasteiger partial charge < -0.3 is 14.9 Å². The van der Waals surface area contributed by atoms with Crippen molar-refractivity contribution in [3.8, 4) is 0 Å². The fraction of sp³-hybridized carbons (Fsp3) is 0.500. The molecule has 5 nitrogen and oxygen atoms in total. The molecule has 7 heteroatoms. The molecule has 1 fully saturated rings. The highest BCUT2D eigenvalue weighted by Crippen LogP contribution is 2.25. The highest BCUT2D eigenvalue weighted by atomic mass is 19.1. The third-order valence-corrected chi connectivity index (χ3v) is 6.34. The first-order chi connectivity index (χ1) is 15.7. The van der Waals surface area contributed by atoms with Gasteiger partial charge in [-0.3, -0.25) is 9.69 Å². The van der Waals surface area contributed by atoms with Crippen LogP contribution in [-0.2, 0) is 22.4 Å². The van der Waals surface area contributed by atoms with Crippen LogP contribution in [0.2, 0.25) is 0 Å². The number of aliphatic hydroxyl groups excluding tert-OH is 1. The molecular weight excluding hydrogens is 428 g/mol. The van der Waals surface area contributed by atoms with Crippen LogP contribution in [0, 0.1) is 18.6 Å². The number of rotatable bonds is 11. The molecule has 2 N–H and O–H groups in total. The van der Waals surface area contributed by atoms with Crippen LogP contribution >= 0.6 is 0 Å². The molecule has 1 aliphatic heterocycles. The normalized spacial score (nSPS) is 18.4. The Morgan fingerprint density at radius 2 is 2.03 bits per heavy atom. The Morgan fingerprint density at radius 3 is 2.76 bits per heavy atom. The fourth-order valence-corrected chi connectivity index (χ4v) is 4.48. The number of aliphatic carboxylic acids is 1. The zero-order valence-corrected chi connectivity index (χ0v) is 19.3. The Balaban J connectivity index is 1.54. The lowest BCUT2D eigenvalue weighted by Crippen LogP contribution is -2.39. The van der Waals surface area contributed by atoms with E-state index in [-0.39, 0.29) is 31.3 Å². The molecule has 1 saturated heterocycles. The molecule has 2 aromatic rings. The number of β-amino-alcohol motifs (C(OH)–C–C–N with tert-alkyl or cyclic N) is 1. The molecule has 33 heavy (non-hydrogen) atoms. The van der Waals surface area contributed by atoms with Crippen LogP contribution in [0.1, 0.15) is 54.5 Å². The Kier molecular flexibility index (Phi) is 8.95. The maximum atomic E-state index is 13.9. The quantitative estimate of drug-likeness (QED) is 0.518. The molecule has 1 aliphatic rings. The summed E-state index contributed by atoms with van der Waals surface area (Å²) in [6.45, 7) is 4.92.